The standard InChI is InChI=1S/C11H16N2O2/c1-7-5-9(14)13(10(7)15)11(2,6-12)8-3-4-8/h5,8H,3-4,6,12H2,1-2H3. The van der Waals surface area contributed by atoms with Crippen LogP contribution in [-0.2, 0) is 9.59 Å². The quantitative estimate of drug-likeness (QED) is 0.684. The van der Waals surface area contributed by atoms with Crippen LogP contribution in [0.5, 0.6) is 0 Å². The van der Waals surface area contributed by atoms with Gasteiger partial charge >= 0.3 is 0 Å². The molecule has 82 valence electrons. The zero-order valence-corrected chi connectivity index (χ0v) is 9.12. The van der Waals surface area contributed by atoms with Gasteiger partial charge in [-0.2, -0.15) is 0 Å². The summed E-state index contributed by atoms with van der Waals surface area (Å²) in [5, 5.41) is 0. The minimum Gasteiger partial charge on any atom is -0.328 e. The van der Waals surface area contributed by atoms with E-state index in [1.54, 1.807) is 6.92 Å². The van der Waals surface area contributed by atoms with E-state index in [0.29, 0.717) is 18.0 Å². The zero-order valence-electron chi connectivity index (χ0n) is 9.12. The number of carbonyl (C=O) groups excluding carboxylic acids is 2. The van der Waals surface area contributed by atoms with E-state index < -0.39 is 5.54 Å². The van der Waals surface area contributed by atoms with Crippen LogP contribution in [0.25, 0.3) is 0 Å². The summed E-state index contributed by atoms with van der Waals surface area (Å²) in [5.74, 6) is -0.00750. The summed E-state index contributed by atoms with van der Waals surface area (Å²) in [6.45, 7) is 3.92. The Morgan fingerprint density at radius 1 is 1.53 bits per heavy atom. The van der Waals surface area contributed by atoms with Gasteiger partial charge in [-0.05, 0) is 32.6 Å². The fraction of sp³-hybridized carbons (Fsp3) is 0.636. The average Bonchev–Trinajstić information content (AvgIpc) is 2.97. The van der Waals surface area contributed by atoms with Gasteiger partial charge in [-0.15, -0.1) is 0 Å². The number of hydrogen-bond donors (Lipinski definition) is 1. The van der Waals surface area contributed by atoms with Crippen molar-refractivity contribution in [2.24, 2.45) is 11.7 Å². The number of carbonyl (C=O) groups is 2. The first-order chi connectivity index (χ1) is 7.00. The molecule has 1 atom stereocenters. The molecular formula is C11H16N2O2. The van der Waals surface area contributed by atoms with Crippen LogP contribution in [0.4, 0.5) is 0 Å². The van der Waals surface area contributed by atoms with Gasteiger partial charge in [-0.3, -0.25) is 14.5 Å². The van der Waals surface area contributed by atoms with Crippen LogP contribution in [0, 0.1) is 5.92 Å². The van der Waals surface area contributed by atoms with Gasteiger partial charge in [0.25, 0.3) is 11.8 Å². The summed E-state index contributed by atoms with van der Waals surface area (Å²) >= 11 is 0. The summed E-state index contributed by atoms with van der Waals surface area (Å²) in [4.78, 5) is 24.9. The Morgan fingerprint density at radius 3 is 2.47 bits per heavy atom. The highest BCUT2D eigenvalue weighted by molar-refractivity contribution is 6.16. The summed E-state index contributed by atoms with van der Waals surface area (Å²) < 4.78 is 0. The molecule has 2 aliphatic rings. The molecule has 0 bridgehead atoms. The molecule has 1 saturated carbocycles. The van der Waals surface area contributed by atoms with E-state index in [1.165, 1.54) is 11.0 Å². The minimum atomic E-state index is -0.484. The van der Waals surface area contributed by atoms with Gasteiger partial charge in [0.05, 0.1) is 5.54 Å². The highest BCUT2D eigenvalue weighted by atomic mass is 16.2. The Bertz CT molecular complexity index is 358. The average molecular weight is 208 g/mol. The Hall–Kier alpha value is -1.16. The molecule has 4 heteroatoms. The SMILES string of the molecule is CC1=CC(=O)N(C(C)(CN)C2CC2)C1=O. The Kier molecular flexibility index (Phi) is 2.19. The third-order valence-electron chi connectivity index (χ3n) is 3.48. The largest absolute Gasteiger partial charge is 0.328 e. The molecule has 2 N–H and O–H groups in total. The van der Waals surface area contributed by atoms with E-state index in [4.69, 9.17) is 5.73 Å². The molecule has 1 unspecified atom stereocenters. The molecule has 1 aliphatic heterocycles. The van der Waals surface area contributed by atoms with Crippen LogP contribution in [0.3, 0.4) is 0 Å². The summed E-state index contributed by atoms with van der Waals surface area (Å²) in [7, 11) is 0. The normalized spacial score (nSPS) is 25.5. The Morgan fingerprint density at radius 2 is 2.13 bits per heavy atom. The first kappa shape index (κ1) is 10.4. The van der Waals surface area contributed by atoms with Gasteiger partial charge in [0.2, 0.25) is 0 Å². The molecule has 1 aliphatic carbocycles. The molecule has 0 aromatic rings. The predicted molar refractivity (Wildman–Crippen MR) is 55.8 cm³/mol. The minimum absolute atomic E-state index is 0.181. The van der Waals surface area contributed by atoms with Crippen molar-refractivity contribution in [3.63, 3.8) is 0 Å². The second-order valence-corrected chi connectivity index (χ2v) is 4.64. The molecule has 4 nitrogen and oxygen atoms in total. The van der Waals surface area contributed by atoms with E-state index in [9.17, 15) is 9.59 Å². The number of amides is 2. The maximum Gasteiger partial charge on any atom is 0.257 e. The lowest BCUT2D eigenvalue weighted by Crippen LogP contribution is -2.56. The third kappa shape index (κ3) is 1.40. The van der Waals surface area contributed by atoms with Crippen LogP contribution in [0.2, 0.25) is 0 Å². The molecular weight excluding hydrogens is 192 g/mol. The number of nitrogens with zero attached hydrogens (tertiary/aromatic N) is 1. The van der Waals surface area contributed by atoms with Crippen molar-refractivity contribution in [3.8, 4) is 0 Å². The van der Waals surface area contributed by atoms with E-state index in [2.05, 4.69) is 0 Å². The zero-order chi connectivity index (χ0) is 11.2. The van der Waals surface area contributed by atoms with Crippen molar-refractivity contribution in [2.75, 3.05) is 6.54 Å². The molecule has 1 fully saturated rings. The van der Waals surface area contributed by atoms with Crippen molar-refractivity contribution < 1.29 is 9.59 Å². The maximum atomic E-state index is 11.8. The molecule has 1 heterocycles. The topological polar surface area (TPSA) is 63.4 Å². The van der Waals surface area contributed by atoms with Gasteiger partial charge in [0.1, 0.15) is 0 Å². The second-order valence-electron chi connectivity index (χ2n) is 4.64. The lowest BCUT2D eigenvalue weighted by Gasteiger charge is -2.36. The number of rotatable bonds is 3. The van der Waals surface area contributed by atoms with Crippen LogP contribution in [0.15, 0.2) is 11.6 Å². The monoisotopic (exact) mass is 208 g/mol. The van der Waals surface area contributed by atoms with E-state index in [-0.39, 0.29) is 11.8 Å². The van der Waals surface area contributed by atoms with Gasteiger partial charge in [0, 0.05) is 18.2 Å². The molecule has 2 rings (SSSR count). The van der Waals surface area contributed by atoms with Gasteiger partial charge in [0.15, 0.2) is 0 Å². The highest BCUT2D eigenvalue weighted by Gasteiger charge is 2.50. The molecule has 0 radical (unpaired) electrons. The third-order valence-corrected chi connectivity index (χ3v) is 3.48. The number of hydrogen-bond acceptors (Lipinski definition) is 3. The lowest BCUT2D eigenvalue weighted by atomic mass is 9.93. The molecule has 2 amide bonds. The van der Waals surface area contributed by atoms with Crippen molar-refractivity contribution >= 4 is 11.8 Å². The predicted octanol–water partition coefficient (Wildman–Crippen LogP) is 0.429. The van der Waals surface area contributed by atoms with Gasteiger partial charge < -0.3 is 5.73 Å². The molecule has 0 aromatic carbocycles. The van der Waals surface area contributed by atoms with Crippen LogP contribution < -0.4 is 5.73 Å². The number of imide groups is 1. The highest BCUT2D eigenvalue weighted by Crippen LogP contribution is 2.43. The summed E-state index contributed by atoms with van der Waals surface area (Å²) in [5.41, 5.74) is 5.76. The van der Waals surface area contributed by atoms with E-state index in [1.807, 2.05) is 6.92 Å². The summed E-state index contributed by atoms with van der Waals surface area (Å²) in [6, 6.07) is 0. The van der Waals surface area contributed by atoms with Crippen LogP contribution >= 0.6 is 0 Å². The van der Waals surface area contributed by atoms with Crippen LogP contribution in [0.1, 0.15) is 26.7 Å². The van der Waals surface area contributed by atoms with E-state index in [0.717, 1.165) is 12.8 Å². The van der Waals surface area contributed by atoms with Crippen molar-refractivity contribution in [3.05, 3.63) is 11.6 Å². The van der Waals surface area contributed by atoms with Gasteiger partial charge in [-0.25, -0.2) is 0 Å². The van der Waals surface area contributed by atoms with Crippen LogP contribution in [-0.4, -0.2) is 28.8 Å². The molecule has 0 saturated heterocycles. The van der Waals surface area contributed by atoms with Crippen molar-refractivity contribution in [1.29, 1.82) is 0 Å². The van der Waals surface area contributed by atoms with Crippen molar-refractivity contribution in [1.82, 2.24) is 4.90 Å². The molecule has 0 spiro atoms. The molecule has 0 aromatic heterocycles. The maximum absolute atomic E-state index is 11.8. The first-order valence-electron chi connectivity index (χ1n) is 5.27. The molecule has 15 heavy (non-hydrogen) atoms. The lowest BCUT2D eigenvalue weighted by molar-refractivity contribution is -0.144. The first-order valence-corrected chi connectivity index (χ1v) is 5.27. The smallest absolute Gasteiger partial charge is 0.257 e. The van der Waals surface area contributed by atoms with Gasteiger partial charge in [-0.1, -0.05) is 0 Å². The van der Waals surface area contributed by atoms with E-state index >= 15 is 0 Å². The Balaban J connectivity index is 2.30. The fourth-order valence-electron chi connectivity index (χ4n) is 2.22. The van der Waals surface area contributed by atoms with Crippen molar-refractivity contribution in [2.45, 2.75) is 32.2 Å². The number of nitrogens with two attached hydrogens (primary N) is 1. The Labute approximate surface area is 89.1 Å². The second kappa shape index (κ2) is 3.17. The fourth-order valence-corrected chi connectivity index (χ4v) is 2.22. The summed E-state index contributed by atoms with van der Waals surface area (Å²) in [6.07, 6.45) is 3.52.